The van der Waals surface area contributed by atoms with Crippen LogP contribution in [0, 0.1) is 11.3 Å². The first-order chi connectivity index (χ1) is 13.6. The van der Waals surface area contributed by atoms with Gasteiger partial charge in [-0.15, -0.1) is 0 Å². The minimum Gasteiger partial charge on any atom is -0.394 e. The third kappa shape index (κ3) is 3.17. The van der Waals surface area contributed by atoms with Gasteiger partial charge in [0.2, 0.25) is 0 Å². The molecule has 0 unspecified atom stereocenters. The molecule has 0 aliphatic carbocycles. The summed E-state index contributed by atoms with van der Waals surface area (Å²) in [6.45, 7) is 0.0211. The maximum absolute atomic E-state index is 10.2. The standard InChI is InChI=1S/C18H18N6O4/c19-5-10-2-1-3-11(4-10)6-20-16-13-17(22-8-21-16)24(9-23-13)18-15(27)14(26)12(7-25)28-18/h1-4,8-9,12,14-15,18,25-27H,6-7H2,(H,20,21,22)/t12-,14-,15-,18-/m1/s1. The molecule has 1 aliphatic heterocycles. The van der Waals surface area contributed by atoms with Gasteiger partial charge >= 0.3 is 0 Å². The van der Waals surface area contributed by atoms with Crippen LogP contribution in [0.3, 0.4) is 0 Å². The smallest absolute Gasteiger partial charge is 0.167 e. The summed E-state index contributed by atoms with van der Waals surface area (Å²) < 4.78 is 7.05. The van der Waals surface area contributed by atoms with E-state index in [9.17, 15) is 15.3 Å². The third-order valence-electron chi connectivity index (χ3n) is 4.67. The van der Waals surface area contributed by atoms with Crippen LogP contribution >= 0.6 is 0 Å². The van der Waals surface area contributed by atoms with Crippen LogP contribution in [0.15, 0.2) is 36.9 Å². The number of rotatable bonds is 5. The van der Waals surface area contributed by atoms with Crippen molar-refractivity contribution in [1.29, 1.82) is 5.26 Å². The van der Waals surface area contributed by atoms with Crippen LogP contribution in [0.4, 0.5) is 5.82 Å². The Hall–Kier alpha value is -3.10. The first-order valence-electron chi connectivity index (χ1n) is 8.65. The largest absolute Gasteiger partial charge is 0.394 e. The zero-order valence-corrected chi connectivity index (χ0v) is 14.7. The average Bonchev–Trinajstić information content (AvgIpc) is 3.28. The van der Waals surface area contributed by atoms with Crippen LogP contribution < -0.4 is 5.32 Å². The lowest BCUT2D eigenvalue weighted by atomic mass is 10.1. The normalized spacial score (nSPS) is 24.4. The Labute approximate surface area is 159 Å². The van der Waals surface area contributed by atoms with Gasteiger partial charge in [-0.25, -0.2) is 15.0 Å². The molecule has 4 atom stereocenters. The Bertz CT molecular complexity index is 1030. The van der Waals surface area contributed by atoms with E-state index in [1.165, 1.54) is 17.2 Å². The van der Waals surface area contributed by atoms with E-state index in [1.54, 1.807) is 12.1 Å². The van der Waals surface area contributed by atoms with Gasteiger partial charge in [0, 0.05) is 6.54 Å². The fourth-order valence-electron chi connectivity index (χ4n) is 3.21. The molecule has 0 radical (unpaired) electrons. The highest BCUT2D eigenvalue weighted by Gasteiger charge is 2.44. The van der Waals surface area contributed by atoms with Crippen molar-refractivity contribution in [3.05, 3.63) is 48.0 Å². The van der Waals surface area contributed by atoms with E-state index >= 15 is 0 Å². The van der Waals surface area contributed by atoms with E-state index in [-0.39, 0.29) is 0 Å². The summed E-state index contributed by atoms with van der Waals surface area (Å²) in [5, 5.41) is 41.6. The summed E-state index contributed by atoms with van der Waals surface area (Å²) in [7, 11) is 0. The minimum atomic E-state index is -1.23. The first kappa shape index (κ1) is 18.3. The molecular formula is C18H18N6O4. The van der Waals surface area contributed by atoms with Crippen molar-refractivity contribution in [1.82, 2.24) is 19.5 Å². The van der Waals surface area contributed by atoms with Crippen LogP contribution in [0.2, 0.25) is 0 Å². The zero-order valence-electron chi connectivity index (χ0n) is 14.7. The molecule has 0 saturated carbocycles. The quantitative estimate of drug-likeness (QED) is 0.475. The summed E-state index contributed by atoms with van der Waals surface area (Å²) in [6.07, 6.45) is -1.44. The van der Waals surface area contributed by atoms with Gasteiger partial charge in [-0.2, -0.15) is 5.26 Å². The number of aliphatic hydroxyl groups excluding tert-OH is 3. The topological polar surface area (TPSA) is 149 Å². The molecule has 1 fully saturated rings. The van der Waals surface area contributed by atoms with Crippen LogP contribution in [0.1, 0.15) is 17.4 Å². The number of anilines is 1. The molecule has 4 rings (SSSR count). The van der Waals surface area contributed by atoms with Gasteiger partial charge in [-0.3, -0.25) is 4.57 Å². The van der Waals surface area contributed by atoms with Crippen molar-refractivity contribution in [3.8, 4) is 6.07 Å². The van der Waals surface area contributed by atoms with Gasteiger partial charge in [0.15, 0.2) is 23.2 Å². The number of aromatic nitrogens is 4. The fraction of sp³-hybridized carbons (Fsp3) is 0.333. The van der Waals surface area contributed by atoms with Crippen molar-refractivity contribution < 1.29 is 20.1 Å². The fourth-order valence-corrected chi connectivity index (χ4v) is 3.21. The van der Waals surface area contributed by atoms with Crippen molar-refractivity contribution in [2.75, 3.05) is 11.9 Å². The molecule has 144 valence electrons. The number of nitrogens with one attached hydrogen (secondary N) is 1. The molecule has 2 aromatic heterocycles. The lowest BCUT2D eigenvalue weighted by Gasteiger charge is -2.16. The van der Waals surface area contributed by atoms with E-state index in [4.69, 9.17) is 10.00 Å². The van der Waals surface area contributed by atoms with E-state index in [0.29, 0.717) is 29.1 Å². The Morgan fingerprint density at radius 2 is 2.07 bits per heavy atom. The van der Waals surface area contributed by atoms with Gasteiger partial charge in [0.05, 0.1) is 24.6 Å². The molecule has 3 heterocycles. The molecule has 28 heavy (non-hydrogen) atoms. The Kier molecular flexibility index (Phi) is 4.89. The second kappa shape index (κ2) is 7.49. The van der Waals surface area contributed by atoms with Gasteiger partial charge in [0.1, 0.15) is 24.6 Å². The van der Waals surface area contributed by atoms with Crippen molar-refractivity contribution >= 4 is 17.0 Å². The van der Waals surface area contributed by atoms with E-state index < -0.39 is 31.1 Å². The minimum absolute atomic E-state index is 0.412. The highest BCUT2D eigenvalue weighted by molar-refractivity contribution is 5.82. The van der Waals surface area contributed by atoms with E-state index in [1.807, 2.05) is 12.1 Å². The van der Waals surface area contributed by atoms with Gasteiger partial charge in [0.25, 0.3) is 0 Å². The number of aliphatic hydroxyl groups is 3. The van der Waals surface area contributed by atoms with Crippen molar-refractivity contribution in [3.63, 3.8) is 0 Å². The van der Waals surface area contributed by atoms with Gasteiger partial charge in [-0.1, -0.05) is 12.1 Å². The monoisotopic (exact) mass is 382 g/mol. The van der Waals surface area contributed by atoms with Gasteiger partial charge < -0.3 is 25.4 Å². The molecule has 4 N–H and O–H groups in total. The van der Waals surface area contributed by atoms with E-state index in [2.05, 4.69) is 26.3 Å². The summed E-state index contributed by atoms with van der Waals surface area (Å²) in [5.74, 6) is 0.484. The summed E-state index contributed by atoms with van der Waals surface area (Å²) >= 11 is 0. The predicted octanol–water partition coefficient (Wildman–Crippen LogP) is -0.0784. The number of nitriles is 1. The first-order valence-corrected chi connectivity index (χ1v) is 8.65. The highest BCUT2D eigenvalue weighted by atomic mass is 16.6. The number of imidazole rings is 1. The predicted molar refractivity (Wildman–Crippen MR) is 96.8 cm³/mol. The van der Waals surface area contributed by atoms with Crippen LogP contribution in [-0.2, 0) is 11.3 Å². The average molecular weight is 382 g/mol. The van der Waals surface area contributed by atoms with Crippen molar-refractivity contribution in [2.24, 2.45) is 0 Å². The van der Waals surface area contributed by atoms with Crippen molar-refractivity contribution in [2.45, 2.75) is 31.1 Å². The number of ether oxygens (including phenoxy) is 1. The second-order valence-corrected chi connectivity index (χ2v) is 6.44. The lowest BCUT2D eigenvalue weighted by Crippen LogP contribution is -2.33. The molecule has 10 nitrogen and oxygen atoms in total. The second-order valence-electron chi connectivity index (χ2n) is 6.44. The Balaban J connectivity index is 1.59. The highest BCUT2D eigenvalue weighted by Crippen LogP contribution is 2.32. The number of nitrogens with zero attached hydrogens (tertiary/aromatic N) is 5. The Morgan fingerprint density at radius 3 is 2.82 bits per heavy atom. The molecular weight excluding hydrogens is 364 g/mol. The van der Waals surface area contributed by atoms with Crippen LogP contribution in [-0.4, -0.2) is 59.8 Å². The number of benzene rings is 1. The molecule has 0 bridgehead atoms. The molecule has 0 amide bonds. The summed E-state index contributed by atoms with van der Waals surface area (Å²) in [6, 6.07) is 9.31. The number of fused-ring (bicyclic) bond motifs is 1. The lowest BCUT2D eigenvalue weighted by molar-refractivity contribution is -0.0511. The molecule has 1 saturated heterocycles. The molecule has 3 aromatic rings. The number of hydrogen-bond donors (Lipinski definition) is 4. The third-order valence-corrected chi connectivity index (χ3v) is 4.67. The van der Waals surface area contributed by atoms with Crippen LogP contribution in [0.25, 0.3) is 11.2 Å². The van der Waals surface area contributed by atoms with Crippen LogP contribution in [0.5, 0.6) is 0 Å². The maximum atomic E-state index is 10.2. The SMILES string of the molecule is N#Cc1cccc(CNc2ncnc3c2ncn3[C@@H]2O[C@H](CO)[C@@H](O)[C@H]2O)c1. The van der Waals surface area contributed by atoms with E-state index in [0.717, 1.165) is 5.56 Å². The van der Waals surface area contributed by atoms with Gasteiger partial charge in [-0.05, 0) is 17.7 Å². The maximum Gasteiger partial charge on any atom is 0.167 e. The Morgan fingerprint density at radius 1 is 1.21 bits per heavy atom. The molecule has 10 heteroatoms. The number of hydrogen-bond acceptors (Lipinski definition) is 9. The summed E-state index contributed by atoms with van der Waals surface area (Å²) in [5.41, 5.74) is 2.37. The summed E-state index contributed by atoms with van der Waals surface area (Å²) in [4.78, 5) is 12.7. The molecule has 0 spiro atoms. The zero-order chi connectivity index (χ0) is 19.7. The molecule has 1 aromatic carbocycles. The molecule has 1 aliphatic rings.